The van der Waals surface area contributed by atoms with Gasteiger partial charge < -0.3 is 15.7 Å². The maximum atomic E-state index is 16.8. The summed E-state index contributed by atoms with van der Waals surface area (Å²) < 4.78 is 16.8. The molecule has 2 aliphatic heterocycles. The number of fused-ring (bicyclic) bond motifs is 2. The maximum absolute atomic E-state index is 16.8. The van der Waals surface area contributed by atoms with Gasteiger partial charge >= 0.3 is 6.03 Å². The summed E-state index contributed by atoms with van der Waals surface area (Å²) in [6.45, 7) is 6.04. The molecule has 0 saturated carbocycles. The van der Waals surface area contributed by atoms with E-state index in [0.717, 1.165) is 60.6 Å². The van der Waals surface area contributed by atoms with Gasteiger partial charge in [-0.1, -0.05) is 31.3 Å². The second kappa shape index (κ2) is 11.5. The first kappa shape index (κ1) is 29.5. The Hall–Kier alpha value is -3.55. The number of pyridine rings is 2. The molecule has 11 nitrogen and oxygen atoms in total. The first-order valence-corrected chi connectivity index (χ1v) is 15.6. The lowest BCUT2D eigenvalue weighted by molar-refractivity contribution is -0.117. The number of nitrogens with zero attached hydrogens (tertiary/aromatic N) is 5. The average Bonchev–Trinajstić information content (AvgIpc) is 3.55. The number of anilines is 1. The molecule has 2 fully saturated rings. The number of rotatable bonds is 8. The molecule has 2 saturated heterocycles. The molecular formula is C30H36FN7O4S. The lowest BCUT2D eigenvalue weighted by Gasteiger charge is -2.42. The van der Waals surface area contributed by atoms with Crippen LogP contribution >= 0.6 is 11.3 Å². The van der Waals surface area contributed by atoms with Gasteiger partial charge in [-0.2, -0.15) is 0 Å². The van der Waals surface area contributed by atoms with Gasteiger partial charge in [-0.25, -0.2) is 24.1 Å². The summed E-state index contributed by atoms with van der Waals surface area (Å²) in [5.41, 5.74) is 7.03. The Kier molecular flexibility index (Phi) is 7.90. The minimum Gasteiger partial charge on any atom is -0.393 e. The molecule has 6 rings (SSSR count). The molecule has 3 aromatic heterocycles. The molecule has 5 heterocycles. The molecule has 3 atom stereocenters. The van der Waals surface area contributed by atoms with E-state index in [1.165, 1.54) is 4.90 Å². The molecule has 1 aliphatic carbocycles. The monoisotopic (exact) mass is 609 g/mol. The Morgan fingerprint density at radius 1 is 1.26 bits per heavy atom. The van der Waals surface area contributed by atoms with Crippen molar-refractivity contribution in [2.75, 3.05) is 31.1 Å². The van der Waals surface area contributed by atoms with Crippen LogP contribution in [0.3, 0.4) is 0 Å². The summed E-state index contributed by atoms with van der Waals surface area (Å²) in [5.74, 6) is -1.34. The predicted molar refractivity (Wildman–Crippen MR) is 160 cm³/mol. The van der Waals surface area contributed by atoms with E-state index >= 15 is 4.39 Å². The number of primary amides is 1. The largest absolute Gasteiger partial charge is 0.393 e. The smallest absolute Gasteiger partial charge is 0.330 e. The van der Waals surface area contributed by atoms with E-state index in [0.29, 0.717) is 22.6 Å². The summed E-state index contributed by atoms with van der Waals surface area (Å²) in [7, 11) is 0. The number of aliphatic hydroxyl groups excluding tert-OH is 1. The van der Waals surface area contributed by atoms with Crippen LogP contribution in [0.5, 0.6) is 0 Å². The molecule has 13 heteroatoms. The minimum absolute atomic E-state index is 0.0910. The van der Waals surface area contributed by atoms with Gasteiger partial charge in [-0.3, -0.25) is 19.8 Å². The van der Waals surface area contributed by atoms with Gasteiger partial charge in [-0.15, -0.1) is 0 Å². The van der Waals surface area contributed by atoms with Gasteiger partial charge in [0.05, 0.1) is 6.10 Å². The quantitative estimate of drug-likeness (QED) is 0.329. The van der Waals surface area contributed by atoms with Gasteiger partial charge in [0.15, 0.2) is 5.01 Å². The second-order valence-electron chi connectivity index (χ2n) is 12.3. The SMILES string of the molecule is CC(C)C1(F)Cc2cc3nc(C(N)=O)sc3nc2C([C@@H](CCN2CCC(O)CC2)c2ccc(N3CC(=O)NC3=O)nc2)C1. The van der Waals surface area contributed by atoms with E-state index in [-0.39, 0.29) is 54.2 Å². The number of carbonyl (C=O) groups excluding carboxylic acids is 3. The Bertz CT molecular complexity index is 1560. The Labute approximate surface area is 252 Å². The number of nitrogens with two attached hydrogens (primary N) is 1. The van der Waals surface area contributed by atoms with Gasteiger partial charge in [0.2, 0.25) is 5.91 Å². The number of hydrogen-bond donors (Lipinski definition) is 3. The molecule has 228 valence electrons. The number of thiazole rings is 1. The van der Waals surface area contributed by atoms with E-state index in [2.05, 4.69) is 20.2 Å². The van der Waals surface area contributed by atoms with Crippen LogP contribution in [0.25, 0.3) is 10.3 Å². The lowest BCUT2D eigenvalue weighted by atomic mass is 9.67. The standard InChI is InChI=1S/C30H36FN7O4S/c1-16(2)30(31)12-18-11-22-27(43-28(34-22)26(32)41)36-25(18)21(13-30)20(7-10-37-8-5-19(39)6-9-37)17-3-4-23(33-14-17)38-15-24(40)35-29(38)42/h3-4,11,14,16,19-21,39H,5-10,12-13,15H2,1-2H3,(H2,32,41)(H,35,40,42)/t20-,21?,30?/m0/s1. The van der Waals surface area contributed by atoms with Gasteiger partial charge in [-0.05, 0) is 67.3 Å². The molecular weight excluding hydrogens is 573 g/mol. The van der Waals surface area contributed by atoms with Crippen LogP contribution < -0.4 is 16.0 Å². The maximum Gasteiger partial charge on any atom is 0.330 e. The number of halogens is 1. The van der Waals surface area contributed by atoms with Crippen LogP contribution in [0.15, 0.2) is 24.4 Å². The number of urea groups is 1. The van der Waals surface area contributed by atoms with Crippen molar-refractivity contribution in [2.45, 2.75) is 69.6 Å². The summed E-state index contributed by atoms with van der Waals surface area (Å²) in [4.78, 5) is 54.0. The molecule has 4 amide bonds. The Morgan fingerprint density at radius 3 is 2.65 bits per heavy atom. The van der Waals surface area contributed by atoms with E-state index in [1.807, 2.05) is 26.0 Å². The fraction of sp³-hybridized carbons (Fsp3) is 0.533. The third-order valence-corrected chi connectivity index (χ3v) is 10.2. The molecule has 4 N–H and O–H groups in total. The number of amides is 4. The van der Waals surface area contributed by atoms with Crippen molar-refractivity contribution < 1.29 is 23.9 Å². The lowest BCUT2D eigenvalue weighted by Crippen LogP contribution is -2.41. The first-order valence-electron chi connectivity index (χ1n) is 14.8. The first-order chi connectivity index (χ1) is 20.5. The molecule has 0 aromatic carbocycles. The van der Waals surface area contributed by atoms with Gasteiger partial charge in [0, 0.05) is 37.3 Å². The summed E-state index contributed by atoms with van der Waals surface area (Å²) in [6.07, 6.45) is 4.05. The third kappa shape index (κ3) is 5.85. The fourth-order valence-corrected chi connectivity index (χ4v) is 7.36. The van der Waals surface area contributed by atoms with Crippen molar-refractivity contribution in [3.05, 3.63) is 46.2 Å². The zero-order valence-electron chi connectivity index (χ0n) is 24.3. The normalized spacial score (nSPS) is 24.0. The topological polar surface area (TPSA) is 155 Å². The van der Waals surface area contributed by atoms with Crippen LogP contribution in [-0.4, -0.2) is 80.8 Å². The molecule has 0 bridgehead atoms. The zero-order valence-corrected chi connectivity index (χ0v) is 25.1. The molecule has 0 spiro atoms. The van der Waals surface area contributed by atoms with Crippen molar-refractivity contribution in [3.63, 3.8) is 0 Å². The van der Waals surface area contributed by atoms with E-state index < -0.39 is 17.6 Å². The number of aromatic nitrogens is 3. The predicted octanol–water partition coefficient (Wildman–Crippen LogP) is 3.27. The van der Waals surface area contributed by atoms with Crippen molar-refractivity contribution in [1.29, 1.82) is 0 Å². The number of likely N-dealkylation sites (tertiary alicyclic amines) is 1. The Balaban J connectivity index is 1.40. The molecule has 3 aliphatic rings. The highest BCUT2D eigenvalue weighted by atomic mass is 32.1. The number of imide groups is 1. The Morgan fingerprint density at radius 2 is 2.02 bits per heavy atom. The van der Waals surface area contributed by atoms with Crippen molar-refractivity contribution in [2.24, 2.45) is 11.7 Å². The number of hydrogen-bond acceptors (Lipinski definition) is 9. The van der Waals surface area contributed by atoms with Crippen LogP contribution in [0.2, 0.25) is 0 Å². The van der Waals surface area contributed by atoms with E-state index in [1.54, 1.807) is 12.3 Å². The third-order valence-electron chi connectivity index (χ3n) is 9.20. The highest BCUT2D eigenvalue weighted by Gasteiger charge is 2.46. The number of nitrogens with one attached hydrogen (secondary N) is 1. The van der Waals surface area contributed by atoms with E-state index in [9.17, 15) is 19.5 Å². The molecule has 3 aromatic rings. The van der Waals surface area contributed by atoms with Crippen LogP contribution in [0, 0.1) is 5.92 Å². The number of alkyl halides is 1. The van der Waals surface area contributed by atoms with Gasteiger partial charge in [0.25, 0.3) is 5.91 Å². The summed E-state index contributed by atoms with van der Waals surface area (Å²) in [5, 5.41) is 12.4. The number of aliphatic hydroxyl groups is 1. The second-order valence-corrected chi connectivity index (χ2v) is 13.3. The highest BCUT2D eigenvalue weighted by molar-refractivity contribution is 7.19. The molecule has 2 unspecified atom stereocenters. The number of carbonyl (C=O) groups is 3. The molecule has 43 heavy (non-hydrogen) atoms. The molecule has 0 radical (unpaired) electrons. The van der Waals surface area contributed by atoms with Crippen LogP contribution in [-0.2, 0) is 11.2 Å². The number of piperidine rings is 1. The van der Waals surface area contributed by atoms with E-state index in [4.69, 9.17) is 10.7 Å². The fourth-order valence-electron chi connectivity index (χ4n) is 6.58. The van der Waals surface area contributed by atoms with Crippen LogP contribution in [0.4, 0.5) is 15.0 Å². The van der Waals surface area contributed by atoms with Crippen molar-refractivity contribution in [1.82, 2.24) is 25.2 Å². The highest BCUT2D eigenvalue weighted by Crippen LogP contribution is 2.50. The zero-order chi connectivity index (χ0) is 30.5. The average molecular weight is 610 g/mol. The summed E-state index contributed by atoms with van der Waals surface area (Å²) >= 11 is 1.14. The van der Waals surface area contributed by atoms with Crippen LogP contribution in [0.1, 0.15) is 78.0 Å². The summed E-state index contributed by atoms with van der Waals surface area (Å²) in [6, 6.07) is 4.98. The van der Waals surface area contributed by atoms with Gasteiger partial charge in [0.1, 0.15) is 28.4 Å². The minimum atomic E-state index is -1.48. The van der Waals surface area contributed by atoms with Crippen molar-refractivity contribution in [3.8, 4) is 0 Å². The van der Waals surface area contributed by atoms with Crippen molar-refractivity contribution >= 4 is 45.3 Å².